The summed E-state index contributed by atoms with van der Waals surface area (Å²) in [4.78, 5) is 10.3. The van der Waals surface area contributed by atoms with Crippen molar-refractivity contribution in [2.24, 2.45) is 0 Å². The van der Waals surface area contributed by atoms with E-state index in [-0.39, 0.29) is 5.75 Å². The van der Waals surface area contributed by atoms with E-state index in [1.165, 1.54) is 28.5 Å². The Morgan fingerprint density at radius 1 is 1.36 bits per heavy atom. The first-order chi connectivity index (χ1) is 6.59. The summed E-state index contributed by atoms with van der Waals surface area (Å²) in [5, 5.41) is 8.47. The summed E-state index contributed by atoms with van der Waals surface area (Å²) in [6.07, 6.45) is 0. The lowest BCUT2D eigenvalue weighted by Gasteiger charge is -2.03. The Balaban J connectivity index is 2.51. The smallest absolute Gasteiger partial charge is 0.313 e. The highest BCUT2D eigenvalue weighted by atomic mass is 32.2. The van der Waals surface area contributed by atoms with E-state index < -0.39 is 5.97 Å². The maximum atomic E-state index is 10.3. The van der Waals surface area contributed by atoms with Gasteiger partial charge in [-0.1, -0.05) is 18.2 Å². The van der Waals surface area contributed by atoms with Crippen LogP contribution in [0, 0.1) is 13.8 Å². The number of rotatable bonds is 4. The van der Waals surface area contributed by atoms with Crippen LogP contribution in [-0.2, 0) is 10.5 Å². The quantitative estimate of drug-likeness (QED) is 0.830. The second kappa shape index (κ2) is 5.05. The number of aryl methyl sites for hydroxylation is 2. The molecule has 0 saturated carbocycles. The standard InChI is InChI=1S/C11H14O2S/c1-8-3-4-10(5-9(8)2)6-14-7-11(12)13/h3-5H,6-7H2,1-2H3,(H,12,13). The van der Waals surface area contributed by atoms with Gasteiger partial charge < -0.3 is 5.11 Å². The molecule has 0 amide bonds. The minimum absolute atomic E-state index is 0.174. The van der Waals surface area contributed by atoms with E-state index in [2.05, 4.69) is 32.0 Å². The fourth-order valence-corrected chi connectivity index (χ4v) is 1.84. The molecule has 3 heteroatoms. The number of aliphatic carboxylic acids is 1. The predicted molar refractivity (Wildman–Crippen MR) is 59.7 cm³/mol. The lowest BCUT2D eigenvalue weighted by atomic mass is 10.1. The molecule has 0 bridgehead atoms. The van der Waals surface area contributed by atoms with Crippen molar-refractivity contribution in [2.75, 3.05) is 5.75 Å². The van der Waals surface area contributed by atoms with Gasteiger partial charge in [-0.25, -0.2) is 0 Å². The highest BCUT2D eigenvalue weighted by Gasteiger charge is 1.99. The average Bonchev–Trinajstić information content (AvgIpc) is 2.10. The van der Waals surface area contributed by atoms with E-state index in [0.717, 1.165) is 5.75 Å². The summed E-state index contributed by atoms with van der Waals surface area (Å²) in [6, 6.07) is 6.24. The maximum Gasteiger partial charge on any atom is 0.313 e. The molecule has 0 radical (unpaired) electrons. The van der Waals surface area contributed by atoms with Gasteiger partial charge in [0.05, 0.1) is 5.75 Å². The average molecular weight is 210 g/mol. The highest BCUT2D eigenvalue weighted by Crippen LogP contribution is 2.15. The van der Waals surface area contributed by atoms with Crippen LogP contribution in [0.5, 0.6) is 0 Å². The van der Waals surface area contributed by atoms with Gasteiger partial charge in [0.2, 0.25) is 0 Å². The first-order valence-electron chi connectivity index (χ1n) is 4.45. The van der Waals surface area contributed by atoms with E-state index in [1.807, 2.05) is 0 Å². The first-order valence-corrected chi connectivity index (χ1v) is 5.60. The summed E-state index contributed by atoms with van der Waals surface area (Å²) >= 11 is 1.43. The zero-order valence-corrected chi connectivity index (χ0v) is 9.23. The number of carbonyl (C=O) groups is 1. The van der Waals surface area contributed by atoms with Crippen LogP contribution in [0.1, 0.15) is 16.7 Å². The Morgan fingerprint density at radius 3 is 2.64 bits per heavy atom. The molecule has 2 nitrogen and oxygen atoms in total. The molecule has 0 spiro atoms. The van der Waals surface area contributed by atoms with E-state index in [4.69, 9.17) is 5.11 Å². The summed E-state index contributed by atoms with van der Waals surface area (Å²) in [5.41, 5.74) is 3.73. The van der Waals surface area contributed by atoms with Crippen molar-refractivity contribution in [3.8, 4) is 0 Å². The molecule has 76 valence electrons. The van der Waals surface area contributed by atoms with Gasteiger partial charge in [-0.05, 0) is 30.5 Å². The van der Waals surface area contributed by atoms with Crippen LogP contribution in [-0.4, -0.2) is 16.8 Å². The molecule has 1 rings (SSSR count). The van der Waals surface area contributed by atoms with Crippen molar-refractivity contribution >= 4 is 17.7 Å². The third kappa shape index (κ3) is 3.42. The van der Waals surface area contributed by atoms with Crippen molar-refractivity contribution in [1.82, 2.24) is 0 Å². The molecule has 1 aromatic carbocycles. The van der Waals surface area contributed by atoms with Crippen molar-refractivity contribution in [3.63, 3.8) is 0 Å². The summed E-state index contributed by atoms with van der Waals surface area (Å²) < 4.78 is 0. The third-order valence-corrected chi connectivity index (χ3v) is 3.05. The number of carboxylic acid groups (broad SMARTS) is 1. The second-order valence-electron chi connectivity index (χ2n) is 3.31. The second-order valence-corrected chi connectivity index (χ2v) is 4.29. The van der Waals surface area contributed by atoms with Gasteiger partial charge >= 0.3 is 5.97 Å². The van der Waals surface area contributed by atoms with Crippen LogP contribution >= 0.6 is 11.8 Å². The van der Waals surface area contributed by atoms with Crippen LogP contribution in [0.15, 0.2) is 18.2 Å². The number of carboxylic acids is 1. The zero-order valence-electron chi connectivity index (χ0n) is 8.41. The van der Waals surface area contributed by atoms with Crippen LogP contribution in [0.25, 0.3) is 0 Å². The van der Waals surface area contributed by atoms with Gasteiger partial charge in [-0.3, -0.25) is 4.79 Å². The van der Waals surface area contributed by atoms with E-state index >= 15 is 0 Å². The molecule has 0 aliphatic carbocycles. The lowest BCUT2D eigenvalue weighted by Crippen LogP contribution is -1.98. The molecule has 0 fully saturated rings. The minimum Gasteiger partial charge on any atom is -0.481 e. The number of hydrogen-bond donors (Lipinski definition) is 1. The van der Waals surface area contributed by atoms with Gasteiger partial charge in [0, 0.05) is 5.75 Å². The number of benzene rings is 1. The fraction of sp³-hybridized carbons (Fsp3) is 0.364. The zero-order chi connectivity index (χ0) is 10.6. The van der Waals surface area contributed by atoms with Gasteiger partial charge in [-0.15, -0.1) is 11.8 Å². The van der Waals surface area contributed by atoms with Gasteiger partial charge in [0.1, 0.15) is 0 Å². The maximum absolute atomic E-state index is 10.3. The van der Waals surface area contributed by atoms with Gasteiger partial charge in [0.25, 0.3) is 0 Å². The molecule has 0 saturated heterocycles. The molecule has 14 heavy (non-hydrogen) atoms. The number of hydrogen-bond acceptors (Lipinski definition) is 2. The third-order valence-electron chi connectivity index (χ3n) is 2.07. The summed E-state index contributed by atoms with van der Waals surface area (Å²) in [7, 11) is 0. The Labute approximate surface area is 88.3 Å². The Hall–Kier alpha value is -0.960. The van der Waals surface area contributed by atoms with Crippen molar-refractivity contribution in [2.45, 2.75) is 19.6 Å². The predicted octanol–water partition coefficient (Wildman–Crippen LogP) is 2.62. The molecule has 0 aliphatic heterocycles. The highest BCUT2D eigenvalue weighted by molar-refractivity contribution is 7.99. The molecule has 0 atom stereocenters. The normalized spacial score (nSPS) is 10.1. The molecule has 0 heterocycles. The Kier molecular flexibility index (Phi) is 4.01. The van der Waals surface area contributed by atoms with Crippen molar-refractivity contribution in [1.29, 1.82) is 0 Å². The SMILES string of the molecule is Cc1ccc(CSCC(=O)O)cc1C. The monoisotopic (exact) mass is 210 g/mol. The Bertz CT molecular complexity index is 334. The Morgan fingerprint density at radius 2 is 2.07 bits per heavy atom. The first kappa shape index (κ1) is 11.1. The molecular formula is C11H14O2S. The van der Waals surface area contributed by atoms with E-state index in [9.17, 15) is 4.79 Å². The van der Waals surface area contributed by atoms with E-state index in [1.54, 1.807) is 0 Å². The molecule has 1 aromatic rings. The number of thioether (sulfide) groups is 1. The van der Waals surface area contributed by atoms with Gasteiger partial charge in [0.15, 0.2) is 0 Å². The van der Waals surface area contributed by atoms with Crippen LogP contribution in [0.2, 0.25) is 0 Å². The minimum atomic E-state index is -0.751. The molecule has 0 aliphatic rings. The largest absolute Gasteiger partial charge is 0.481 e. The van der Waals surface area contributed by atoms with Crippen LogP contribution < -0.4 is 0 Å². The van der Waals surface area contributed by atoms with Crippen molar-refractivity contribution in [3.05, 3.63) is 34.9 Å². The molecule has 0 unspecified atom stereocenters. The van der Waals surface area contributed by atoms with E-state index in [0.29, 0.717) is 0 Å². The molecule has 0 aromatic heterocycles. The summed E-state index contributed by atoms with van der Waals surface area (Å²) in [6.45, 7) is 4.14. The van der Waals surface area contributed by atoms with Crippen LogP contribution in [0.3, 0.4) is 0 Å². The molecule has 1 N–H and O–H groups in total. The van der Waals surface area contributed by atoms with Gasteiger partial charge in [-0.2, -0.15) is 0 Å². The molecular weight excluding hydrogens is 196 g/mol. The summed E-state index contributed by atoms with van der Waals surface area (Å²) in [5.74, 6) is 0.194. The van der Waals surface area contributed by atoms with Crippen molar-refractivity contribution < 1.29 is 9.90 Å². The fourth-order valence-electron chi connectivity index (χ4n) is 1.15. The lowest BCUT2D eigenvalue weighted by molar-refractivity contribution is -0.133. The topological polar surface area (TPSA) is 37.3 Å². The van der Waals surface area contributed by atoms with Crippen LogP contribution in [0.4, 0.5) is 0 Å².